The van der Waals surface area contributed by atoms with Gasteiger partial charge in [-0.15, -0.1) is 0 Å². The second-order valence-electron chi connectivity index (χ2n) is 6.07. The van der Waals surface area contributed by atoms with Crippen molar-refractivity contribution < 1.29 is 14.8 Å². The molecule has 1 amide bonds. The fraction of sp³-hybridized carbons (Fsp3) is 0.438. The fourth-order valence-electron chi connectivity index (χ4n) is 2.52. The summed E-state index contributed by atoms with van der Waals surface area (Å²) in [4.78, 5) is 25.4. The van der Waals surface area contributed by atoms with E-state index in [1.807, 2.05) is 13.8 Å². The number of aliphatic hydroxyl groups is 1. The van der Waals surface area contributed by atoms with E-state index in [1.54, 1.807) is 12.3 Å². The second-order valence-corrected chi connectivity index (χ2v) is 6.07. The maximum Gasteiger partial charge on any atom is 0.270 e. The summed E-state index contributed by atoms with van der Waals surface area (Å²) in [5.41, 5.74) is 1.43. The highest BCUT2D eigenvalue weighted by atomic mass is 16.6. The zero-order valence-corrected chi connectivity index (χ0v) is 13.2. The number of nitro groups is 1. The molecule has 0 spiro atoms. The first-order valence-electron chi connectivity index (χ1n) is 7.56. The minimum atomic E-state index is -0.567. The zero-order valence-electron chi connectivity index (χ0n) is 13.2. The van der Waals surface area contributed by atoms with Crippen molar-refractivity contribution in [1.82, 2.24) is 10.3 Å². The molecule has 1 aromatic carbocycles. The summed E-state index contributed by atoms with van der Waals surface area (Å²) in [7, 11) is 0. The molecule has 3 N–H and O–H groups in total. The van der Waals surface area contributed by atoms with Crippen LogP contribution in [0.2, 0.25) is 0 Å². The van der Waals surface area contributed by atoms with E-state index >= 15 is 0 Å². The maximum absolute atomic E-state index is 12.0. The Labute approximate surface area is 133 Å². The van der Waals surface area contributed by atoms with Gasteiger partial charge in [-0.1, -0.05) is 13.8 Å². The number of nitro benzene ring substituents is 1. The molecule has 2 aromatic rings. The predicted molar refractivity (Wildman–Crippen MR) is 87.1 cm³/mol. The highest BCUT2D eigenvalue weighted by Gasteiger charge is 2.14. The highest BCUT2D eigenvalue weighted by Crippen LogP contribution is 2.23. The van der Waals surface area contributed by atoms with Gasteiger partial charge in [-0.25, -0.2) is 0 Å². The first-order chi connectivity index (χ1) is 10.9. The van der Waals surface area contributed by atoms with Gasteiger partial charge in [0.05, 0.1) is 17.4 Å². The SMILES string of the molecule is CC(C)CC(O)CNC(=O)Cc1c[nH]c2ccc([N+](=O)[O-])cc12. The van der Waals surface area contributed by atoms with Crippen LogP contribution < -0.4 is 5.32 Å². The molecule has 7 nitrogen and oxygen atoms in total. The van der Waals surface area contributed by atoms with Crippen LogP contribution in [0, 0.1) is 16.0 Å². The number of nitrogens with one attached hydrogen (secondary N) is 2. The van der Waals surface area contributed by atoms with Gasteiger partial charge in [0.1, 0.15) is 0 Å². The molecule has 0 bridgehead atoms. The molecule has 1 atom stereocenters. The Bertz CT molecular complexity index is 708. The molecule has 0 radical (unpaired) electrons. The van der Waals surface area contributed by atoms with Crippen molar-refractivity contribution in [2.45, 2.75) is 32.8 Å². The van der Waals surface area contributed by atoms with Crippen LogP contribution in [-0.4, -0.2) is 33.6 Å². The zero-order chi connectivity index (χ0) is 17.0. The number of H-pyrrole nitrogens is 1. The first-order valence-corrected chi connectivity index (χ1v) is 7.56. The second kappa shape index (κ2) is 7.23. The number of rotatable bonds is 7. The average Bonchev–Trinajstić information content (AvgIpc) is 2.87. The fourth-order valence-corrected chi connectivity index (χ4v) is 2.52. The van der Waals surface area contributed by atoms with Crippen LogP contribution >= 0.6 is 0 Å². The molecule has 2 rings (SSSR count). The summed E-state index contributed by atoms with van der Waals surface area (Å²) in [6.07, 6.45) is 1.84. The van der Waals surface area contributed by atoms with Gasteiger partial charge in [0.2, 0.25) is 5.91 Å². The molecular formula is C16H21N3O4. The van der Waals surface area contributed by atoms with Crippen molar-refractivity contribution in [1.29, 1.82) is 0 Å². The van der Waals surface area contributed by atoms with Crippen LogP contribution in [0.25, 0.3) is 10.9 Å². The Morgan fingerprint density at radius 2 is 2.17 bits per heavy atom. The minimum absolute atomic E-state index is 0.00823. The molecule has 0 aliphatic carbocycles. The summed E-state index contributed by atoms with van der Waals surface area (Å²) >= 11 is 0. The van der Waals surface area contributed by atoms with Crippen molar-refractivity contribution in [3.05, 3.63) is 40.1 Å². The molecule has 1 heterocycles. The van der Waals surface area contributed by atoms with Crippen LogP contribution in [0.15, 0.2) is 24.4 Å². The summed E-state index contributed by atoms with van der Waals surface area (Å²) in [6, 6.07) is 4.51. The number of hydrogen-bond donors (Lipinski definition) is 3. The van der Waals surface area contributed by atoms with Gasteiger partial charge in [0, 0.05) is 35.8 Å². The lowest BCUT2D eigenvalue weighted by molar-refractivity contribution is -0.384. The van der Waals surface area contributed by atoms with Gasteiger partial charge in [0.15, 0.2) is 0 Å². The number of fused-ring (bicyclic) bond motifs is 1. The van der Waals surface area contributed by atoms with E-state index < -0.39 is 11.0 Å². The molecule has 7 heteroatoms. The lowest BCUT2D eigenvalue weighted by Gasteiger charge is -2.13. The van der Waals surface area contributed by atoms with Gasteiger partial charge < -0.3 is 15.4 Å². The van der Waals surface area contributed by atoms with Gasteiger partial charge in [0.25, 0.3) is 5.69 Å². The summed E-state index contributed by atoms with van der Waals surface area (Å²) in [5.74, 6) is 0.135. The summed E-state index contributed by atoms with van der Waals surface area (Å²) in [6.45, 7) is 4.22. The number of carbonyl (C=O) groups is 1. The van der Waals surface area contributed by atoms with E-state index in [-0.39, 0.29) is 24.6 Å². The normalized spacial score (nSPS) is 12.5. The average molecular weight is 319 g/mol. The third-order valence-electron chi connectivity index (χ3n) is 3.59. The maximum atomic E-state index is 12.0. The van der Waals surface area contributed by atoms with Crippen LogP contribution in [0.3, 0.4) is 0 Å². The van der Waals surface area contributed by atoms with Crippen molar-refractivity contribution in [3.8, 4) is 0 Å². The van der Waals surface area contributed by atoms with E-state index in [0.717, 1.165) is 5.52 Å². The van der Waals surface area contributed by atoms with E-state index in [4.69, 9.17) is 0 Å². The van der Waals surface area contributed by atoms with Crippen molar-refractivity contribution in [3.63, 3.8) is 0 Å². The lowest BCUT2D eigenvalue weighted by atomic mass is 10.1. The Morgan fingerprint density at radius 3 is 2.83 bits per heavy atom. The predicted octanol–water partition coefficient (Wildman–Crippen LogP) is 2.14. The van der Waals surface area contributed by atoms with Crippen LogP contribution in [0.1, 0.15) is 25.8 Å². The molecule has 1 unspecified atom stereocenters. The Morgan fingerprint density at radius 1 is 1.43 bits per heavy atom. The minimum Gasteiger partial charge on any atom is -0.391 e. The van der Waals surface area contributed by atoms with Crippen LogP contribution in [-0.2, 0) is 11.2 Å². The van der Waals surface area contributed by atoms with E-state index in [0.29, 0.717) is 23.3 Å². The van der Waals surface area contributed by atoms with Crippen molar-refractivity contribution in [2.75, 3.05) is 6.54 Å². The molecule has 23 heavy (non-hydrogen) atoms. The largest absolute Gasteiger partial charge is 0.391 e. The summed E-state index contributed by atoms with van der Waals surface area (Å²) in [5, 5.41) is 24.0. The Balaban J connectivity index is 2.02. The molecule has 124 valence electrons. The topological polar surface area (TPSA) is 108 Å². The molecule has 0 aliphatic heterocycles. The monoisotopic (exact) mass is 319 g/mol. The standard InChI is InChI=1S/C16H21N3O4/c1-10(2)5-13(20)9-18-16(21)6-11-8-17-15-4-3-12(19(22)23)7-14(11)15/h3-4,7-8,10,13,17,20H,5-6,9H2,1-2H3,(H,18,21). The van der Waals surface area contributed by atoms with Crippen molar-refractivity contribution in [2.24, 2.45) is 5.92 Å². The number of hydrogen-bond acceptors (Lipinski definition) is 4. The number of nitrogens with zero attached hydrogens (tertiary/aromatic N) is 1. The van der Waals surface area contributed by atoms with Crippen LogP contribution in [0.4, 0.5) is 5.69 Å². The molecule has 0 saturated carbocycles. The summed E-state index contributed by atoms with van der Waals surface area (Å²) < 4.78 is 0. The number of benzene rings is 1. The Hall–Kier alpha value is -2.41. The number of non-ortho nitro benzene ring substituents is 1. The smallest absolute Gasteiger partial charge is 0.270 e. The molecule has 0 fully saturated rings. The number of amides is 1. The number of carbonyl (C=O) groups excluding carboxylic acids is 1. The third-order valence-corrected chi connectivity index (χ3v) is 3.59. The molecule has 0 saturated heterocycles. The Kier molecular flexibility index (Phi) is 5.33. The highest BCUT2D eigenvalue weighted by molar-refractivity contribution is 5.90. The van der Waals surface area contributed by atoms with E-state index in [2.05, 4.69) is 10.3 Å². The van der Waals surface area contributed by atoms with E-state index in [1.165, 1.54) is 12.1 Å². The number of aromatic amines is 1. The molecule has 0 aliphatic rings. The van der Waals surface area contributed by atoms with Gasteiger partial charge in [-0.2, -0.15) is 0 Å². The lowest BCUT2D eigenvalue weighted by Crippen LogP contribution is -2.33. The van der Waals surface area contributed by atoms with Gasteiger partial charge in [-0.3, -0.25) is 14.9 Å². The van der Waals surface area contributed by atoms with Gasteiger partial charge in [-0.05, 0) is 24.0 Å². The van der Waals surface area contributed by atoms with E-state index in [9.17, 15) is 20.0 Å². The molecular weight excluding hydrogens is 298 g/mol. The van der Waals surface area contributed by atoms with Crippen LogP contribution in [0.5, 0.6) is 0 Å². The van der Waals surface area contributed by atoms with Gasteiger partial charge >= 0.3 is 0 Å². The number of aliphatic hydroxyl groups excluding tert-OH is 1. The quantitative estimate of drug-likeness (QED) is 0.536. The third kappa shape index (κ3) is 4.53. The number of aromatic nitrogens is 1. The first kappa shape index (κ1) is 17.0. The van der Waals surface area contributed by atoms with Crippen molar-refractivity contribution >= 4 is 22.5 Å². The molecule has 1 aromatic heterocycles.